The normalized spacial score (nSPS) is 14.3. The van der Waals surface area contributed by atoms with Gasteiger partial charge in [-0.05, 0) is 35.6 Å². The van der Waals surface area contributed by atoms with Gasteiger partial charge in [0, 0.05) is 19.6 Å². The molecule has 1 heterocycles. The Bertz CT molecular complexity index is 687. The molecule has 3 rings (SSSR count). The summed E-state index contributed by atoms with van der Waals surface area (Å²) in [6.07, 6.45) is 1.50. The van der Waals surface area contributed by atoms with Crippen LogP contribution in [0, 0.1) is 5.82 Å². The average molecular weight is 312 g/mol. The smallest absolute Gasteiger partial charge is 0.234 e. The molecular formula is C19H21FN2O. The van der Waals surface area contributed by atoms with Crippen molar-refractivity contribution in [3.05, 3.63) is 71.0 Å². The van der Waals surface area contributed by atoms with Crippen LogP contribution in [-0.2, 0) is 24.2 Å². The molecule has 2 aromatic carbocycles. The molecule has 23 heavy (non-hydrogen) atoms. The molecule has 0 saturated carbocycles. The Hall–Kier alpha value is -2.20. The molecule has 0 radical (unpaired) electrons. The molecule has 4 heteroatoms. The van der Waals surface area contributed by atoms with E-state index in [0.717, 1.165) is 19.5 Å². The summed E-state index contributed by atoms with van der Waals surface area (Å²) in [6.45, 7) is 2.57. The highest BCUT2D eigenvalue weighted by molar-refractivity contribution is 5.78. The molecule has 0 atom stereocenters. The Morgan fingerprint density at radius 3 is 2.65 bits per heavy atom. The van der Waals surface area contributed by atoms with Gasteiger partial charge in [0.15, 0.2) is 0 Å². The van der Waals surface area contributed by atoms with Crippen LogP contribution in [0.15, 0.2) is 48.5 Å². The van der Waals surface area contributed by atoms with Crippen LogP contribution < -0.4 is 5.32 Å². The number of halogens is 1. The van der Waals surface area contributed by atoms with Gasteiger partial charge in [0.1, 0.15) is 5.82 Å². The van der Waals surface area contributed by atoms with Crippen molar-refractivity contribution < 1.29 is 9.18 Å². The van der Waals surface area contributed by atoms with E-state index in [0.29, 0.717) is 25.1 Å². The highest BCUT2D eigenvalue weighted by Crippen LogP contribution is 2.17. The molecule has 1 N–H and O–H groups in total. The number of nitrogens with one attached hydrogen (secondary N) is 1. The van der Waals surface area contributed by atoms with Crippen molar-refractivity contribution >= 4 is 5.91 Å². The number of benzene rings is 2. The minimum atomic E-state index is -0.214. The van der Waals surface area contributed by atoms with Crippen LogP contribution in [0.1, 0.15) is 16.7 Å². The van der Waals surface area contributed by atoms with Gasteiger partial charge in [0.2, 0.25) is 5.91 Å². The zero-order valence-electron chi connectivity index (χ0n) is 13.1. The van der Waals surface area contributed by atoms with E-state index in [4.69, 9.17) is 0 Å². The van der Waals surface area contributed by atoms with E-state index in [1.165, 1.54) is 17.2 Å². The first-order valence-corrected chi connectivity index (χ1v) is 8.01. The van der Waals surface area contributed by atoms with Crippen LogP contribution >= 0.6 is 0 Å². The summed E-state index contributed by atoms with van der Waals surface area (Å²) in [7, 11) is 0. The molecule has 3 nitrogen and oxygen atoms in total. The van der Waals surface area contributed by atoms with Crippen LogP contribution in [0.4, 0.5) is 4.39 Å². The van der Waals surface area contributed by atoms with Crippen molar-refractivity contribution in [2.45, 2.75) is 19.4 Å². The summed E-state index contributed by atoms with van der Waals surface area (Å²) < 4.78 is 13.5. The van der Waals surface area contributed by atoms with Crippen molar-refractivity contribution in [2.75, 3.05) is 19.6 Å². The number of nitrogens with zero attached hydrogens (tertiary/aromatic N) is 1. The second-order valence-corrected chi connectivity index (χ2v) is 5.92. The number of carbonyl (C=O) groups excluding carboxylic acids is 1. The van der Waals surface area contributed by atoms with Crippen LogP contribution in [-0.4, -0.2) is 30.4 Å². The minimum Gasteiger partial charge on any atom is -0.355 e. The second kappa shape index (κ2) is 7.38. The number of carbonyl (C=O) groups is 1. The fourth-order valence-electron chi connectivity index (χ4n) is 2.99. The van der Waals surface area contributed by atoms with Gasteiger partial charge in [-0.2, -0.15) is 0 Å². The second-order valence-electron chi connectivity index (χ2n) is 5.92. The molecule has 0 fully saturated rings. The van der Waals surface area contributed by atoms with Crippen LogP contribution in [0.25, 0.3) is 0 Å². The molecule has 1 amide bonds. The third-order valence-corrected chi connectivity index (χ3v) is 4.25. The molecule has 0 aliphatic carbocycles. The molecule has 0 unspecified atom stereocenters. The third kappa shape index (κ3) is 4.17. The summed E-state index contributed by atoms with van der Waals surface area (Å²) in [5.41, 5.74) is 3.32. The monoisotopic (exact) mass is 312 g/mol. The van der Waals surface area contributed by atoms with E-state index in [1.807, 2.05) is 12.1 Å². The average Bonchev–Trinajstić information content (AvgIpc) is 2.56. The maximum absolute atomic E-state index is 13.5. The van der Waals surface area contributed by atoms with E-state index >= 15 is 0 Å². The first-order valence-electron chi connectivity index (χ1n) is 8.01. The summed E-state index contributed by atoms with van der Waals surface area (Å²) >= 11 is 0. The van der Waals surface area contributed by atoms with Gasteiger partial charge in [0.25, 0.3) is 0 Å². The van der Waals surface area contributed by atoms with Crippen molar-refractivity contribution in [3.63, 3.8) is 0 Å². The Morgan fingerprint density at radius 1 is 1.09 bits per heavy atom. The lowest BCUT2D eigenvalue weighted by atomic mass is 10.00. The summed E-state index contributed by atoms with van der Waals surface area (Å²) in [5.74, 6) is -0.213. The first kappa shape index (κ1) is 15.7. The molecule has 120 valence electrons. The number of fused-ring (bicyclic) bond motifs is 1. The Balaban J connectivity index is 1.44. The van der Waals surface area contributed by atoms with Crippen LogP contribution in [0.5, 0.6) is 0 Å². The maximum Gasteiger partial charge on any atom is 0.234 e. The van der Waals surface area contributed by atoms with Gasteiger partial charge < -0.3 is 5.32 Å². The molecule has 2 aromatic rings. The predicted molar refractivity (Wildman–Crippen MR) is 88.5 cm³/mol. The van der Waals surface area contributed by atoms with E-state index in [2.05, 4.69) is 28.4 Å². The summed E-state index contributed by atoms with van der Waals surface area (Å²) in [4.78, 5) is 14.2. The van der Waals surface area contributed by atoms with E-state index in [9.17, 15) is 9.18 Å². The van der Waals surface area contributed by atoms with Crippen molar-refractivity contribution in [2.24, 2.45) is 0 Å². The van der Waals surface area contributed by atoms with Crippen LogP contribution in [0.3, 0.4) is 0 Å². The maximum atomic E-state index is 13.5. The first-order chi connectivity index (χ1) is 11.2. The van der Waals surface area contributed by atoms with Crippen LogP contribution in [0.2, 0.25) is 0 Å². The topological polar surface area (TPSA) is 32.3 Å². The SMILES string of the molecule is O=C(CN1CCc2ccccc2C1)NCCc1ccccc1F. The number of rotatable bonds is 5. The third-order valence-electron chi connectivity index (χ3n) is 4.25. The number of hydrogen-bond acceptors (Lipinski definition) is 2. The number of hydrogen-bond donors (Lipinski definition) is 1. The van der Waals surface area contributed by atoms with Gasteiger partial charge in [0.05, 0.1) is 6.54 Å². The quantitative estimate of drug-likeness (QED) is 0.920. The molecule has 0 aromatic heterocycles. The molecule has 1 aliphatic heterocycles. The fraction of sp³-hybridized carbons (Fsp3) is 0.316. The Labute approximate surface area is 136 Å². The molecule has 0 spiro atoms. The zero-order chi connectivity index (χ0) is 16.1. The van der Waals surface area contributed by atoms with Gasteiger partial charge in [-0.25, -0.2) is 4.39 Å². The molecular weight excluding hydrogens is 291 g/mol. The predicted octanol–water partition coefficient (Wildman–Crippen LogP) is 2.54. The van der Waals surface area contributed by atoms with Gasteiger partial charge in [-0.3, -0.25) is 9.69 Å². The number of amides is 1. The molecule has 0 bridgehead atoms. The Kier molecular flexibility index (Phi) is 5.03. The molecule has 0 saturated heterocycles. The fourth-order valence-corrected chi connectivity index (χ4v) is 2.99. The van der Waals surface area contributed by atoms with Gasteiger partial charge in [-0.1, -0.05) is 42.5 Å². The lowest BCUT2D eigenvalue weighted by Crippen LogP contribution is -2.40. The summed E-state index contributed by atoms with van der Waals surface area (Å²) in [5, 5.41) is 2.88. The van der Waals surface area contributed by atoms with Gasteiger partial charge >= 0.3 is 0 Å². The van der Waals surface area contributed by atoms with Crippen molar-refractivity contribution in [1.82, 2.24) is 10.2 Å². The largest absolute Gasteiger partial charge is 0.355 e. The minimum absolute atomic E-state index is 0.000667. The standard InChI is InChI=1S/C19H21FN2O/c20-18-8-4-3-6-16(18)9-11-21-19(23)14-22-12-10-15-5-1-2-7-17(15)13-22/h1-8H,9-14H2,(H,21,23). The van der Waals surface area contributed by atoms with Gasteiger partial charge in [-0.15, -0.1) is 0 Å². The van der Waals surface area contributed by atoms with E-state index in [-0.39, 0.29) is 11.7 Å². The highest BCUT2D eigenvalue weighted by Gasteiger charge is 2.17. The highest BCUT2D eigenvalue weighted by atomic mass is 19.1. The van der Waals surface area contributed by atoms with E-state index in [1.54, 1.807) is 12.1 Å². The lowest BCUT2D eigenvalue weighted by Gasteiger charge is -2.28. The Morgan fingerprint density at radius 2 is 1.83 bits per heavy atom. The van der Waals surface area contributed by atoms with Crippen molar-refractivity contribution in [1.29, 1.82) is 0 Å². The molecule has 1 aliphatic rings. The lowest BCUT2D eigenvalue weighted by molar-refractivity contribution is -0.122. The summed E-state index contributed by atoms with van der Waals surface area (Å²) in [6, 6.07) is 15.1. The van der Waals surface area contributed by atoms with Crippen molar-refractivity contribution in [3.8, 4) is 0 Å². The zero-order valence-corrected chi connectivity index (χ0v) is 13.1. The van der Waals surface area contributed by atoms with E-state index < -0.39 is 0 Å².